The molecule has 20 heavy (non-hydrogen) atoms. The van der Waals surface area contributed by atoms with E-state index in [1.54, 1.807) is 12.1 Å². The highest BCUT2D eigenvalue weighted by molar-refractivity contribution is 9.10. The molecule has 5 nitrogen and oxygen atoms in total. The first-order valence-corrected chi connectivity index (χ1v) is 8.77. The average Bonchev–Trinajstić information content (AvgIpc) is 2.86. The summed E-state index contributed by atoms with van der Waals surface area (Å²) in [5.41, 5.74) is 5.27. The first-order valence-electron chi connectivity index (χ1n) is 6.49. The normalized spacial score (nSPS) is 18.1. The number of hydrogen-bond donors (Lipinski definition) is 2. The van der Waals surface area contributed by atoms with Crippen molar-refractivity contribution < 1.29 is 13.2 Å². The van der Waals surface area contributed by atoms with Crippen LogP contribution in [0.15, 0.2) is 27.6 Å². The van der Waals surface area contributed by atoms with Crippen molar-refractivity contribution in [3.8, 4) is 5.75 Å². The molecule has 1 fully saturated rings. The lowest BCUT2D eigenvalue weighted by Gasteiger charge is -2.28. The molecule has 0 atom stereocenters. The SMILES string of the molecule is COc1cc(Br)cc(S(=O)(=O)NC2(CN)CCCC2)c1. The molecule has 0 radical (unpaired) electrons. The Labute approximate surface area is 128 Å². The van der Waals surface area contributed by atoms with E-state index >= 15 is 0 Å². The van der Waals surface area contributed by atoms with Crippen LogP contribution in [0.4, 0.5) is 0 Å². The van der Waals surface area contributed by atoms with E-state index in [2.05, 4.69) is 20.7 Å². The van der Waals surface area contributed by atoms with Crippen LogP contribution in [0.3, 0.4) is 0 Å². The molecule has 0 saturated heterocycles. The van der Waals surface area contributed by atoms with Crippen molar-refractivity contribution in [3.05, 3.63) is 22.7 Å². The number of hydrogen-bond acceptors (Lipinski definition) is 4. The Kier molecular flexibility index (Phi) is 4.73. The van der Waals surface area contributed by atoms with Gasteiger partial charge in [0.15, 0.2) is 0 Å². The monoisotopic (exact) mass is 362 g/mol. The fraction of sp³-hybridized carbons (Fsp3) is 0.538. The topological polar surface area (TPSA) is 81.4 Å². The minimum absolute atomic E-state index is 0.184. The summed E-state index contributed by atoms with van der Waals surface area (Å²) in [6, 6.07) is 4.78. The molecule has 1 saturated carbocycles. The quantitative estimate of drug-likeness (QED) is 0.839. The molecule has 0 heterocycles. The number of methoxy groups -OCH3 is 1. The lowest BCUT2D eigenvalue weighted by Crippen LogP contribution is -2.51. The third kappa shape index (κ3) is 3.33. The maximum atomic E-state index is 12.5. The van der Waals surface area contributed by atoms with Crippen LogP contribution in [-0.4, -0.2) is 27.6 Å². The van der Waals surface area contributed by atoms with Gasteiger partial charge in [0.1, 0.15) is 5.75 Å². The van der Waals surface area contributed by atoms with Crippen LogP contribution in [0.2, 0.25) is 0 Å². The molecule has 112 valence electrons. The van der Waals surface area contributed by atoms with Crippen molar-refractivity contribution in [2.24, 2.45) is 5.73 Å². The predicted molar refractivity (Wildman–Crippen MR) is 81.3 cm³/mol. The average molecular weight is 363 g/mol. The molecular weight excluding hydrogens is 344 g/mol. The number of benzene rings is 1. The molecule has 1 aromatic rings. The number of nitrogens with one attached hydrogen (secondary N) is 1. The molecule has 0 unspecified atom stereocenters. The number of sulfonamides is 1. The number of halogens is 1. The van der Waals surface area contributed by atoms with Crippen LogP contribution >= 0.6 is 15.9 Å². The fourth-order valence-corrected chi connectivity index (χ4v) is 4.71. The van der Waals surface area contributed by atoms with E-state index in [4.69, 9.17) is 10.5 Å². The van der Waals surface area contributed by atoms with Gasteiger partial charge in [-0.25, -0.2) is 13.1 Å². The fourth-order valence-electron chi connectivity index (χ4n) is 2.55. The zero-order valence-corrected chi connectivity index (χ0v) is 13.8. The standard InChI is InChI=1S/C13H19BrN2O3S/c1-19-11-6-10(14)7-12(8-11)20(17,18)16-13(9-15)4-2-3-5-13/h6-8,16H,2-5,9,15H2,1H3. The van der Waals surface area contributed by atoms with E-state index in [0.717, 1.165) is 25.7 Å². The molecule has 0 aliphatic heterocycles. The zero-order valence-electron chi connectivity index (χ0n) is 11.4. The van der Waals surface area contributed by atoms with Gasteiger partial charge >= 0.3 is 0 Å². The van der Waals surface area contributed by atoms with Gasteiger partial charge in [0.2, 0.25) is 10.0 Å². The molecule has 0 bridgehead atoms. The van der Waals surface area contributed by atoms with Crippen LogP contribution in [0, 0.1) is 0 Å². The van der Waals surface area contributed by atoms with Crippen molar-refractivity contribution in [1.82, 2.24) is 4.72 Å². The van der Waals surface area contributed by atoms with E-state index in [9.17, 15) is 8.42 Å². The highest BCUT2D eigenvalue weighted by Gasteiger charge is 2.36. The van der Waals surface area contributed by atoms with E-state index in [-0.39, 0.29) is 4.90 Å². The van der Waals surface area contributed by atoms with E-state index in [1.807, 2.05) is 0 Å². The van der Waals surface area contributed by atoms with Gasteiger partial charge in [0.25, 0.3) is 0 Å². The van der Waals surface area contributed by atoms with Crippen LogP contribution in [0.5, 0.6) is 5.75 Å². The Morgan fingerprint density at radius 2 is 2.00 bits per heavy atom. The summed E-state index contributed by atoms with van der Waals surface area (Å²) >= 11 is 3.29. The summed E-state index contributed by atoms with van der Waals surface area (Å²) in [5, 5.41) is 0. The molecule has 7 heteroatoms. The molecule has 3 N–H and O–H groups in total. The molecule has 1 aliphatic rings. The first-order chi connectivity index (χ1) is 9.41. The lowest BCUT2D eigenvalue weighted by atomic mass is 10.0. The predicted octanol–water partition coefficient (Wildman–Crippen LogP) is 2.01. The Morgan fingerprint density at radius 1 is 1.35 bits per heavy atom. The smallest absolute Gasteiger partial charge is 0.241 e. The summed E-state index contributed by atoms with van der Waals surface area (Å²) < 4.78 is 33.6. The molecule has 0 aromatic heterocycles. The van der Waals surface area contributed by atoms with Crippen molar-refractivity contribution in [2.45, 2.75) is 36.1 Å². The Morgan fingerprint density at radius 3 is 2.55 bits per heavy atom. The molecular formula is C13H19BrN2O3S. The second kappa shape index (κ2) is 6.01. The minimum Gasteiger partial charge on any atom is -0.497 e. The van der Waals surface area contributed by atoms with Crippen molar-refractivity contribution >= 4 is 26.0 Å². The third-order valence-electron chi connectivity index (χ3n) is 3.69. The van der Waals surface area contributed by atoms with Crippen LogP contribution in [-0.2, 0) is 10.0 Å². The molecule has 1 aromatic carbocycles. The lowest BCUT2D eigenvalue weighted by molar-refractivity contribution is 0.398. The molecule has 1 aliphatic carbocycles. The second-order valence-corrected chi connectivity index (χ2v) is 7.72. The molecule has 0 amide bonds. The summed E-state index contributed by atoms with van der Waals surface area (Å²) in [6.07, 6.45) is 3.57. The summed E-state index contributed by atoms with van der Waals surface area (Å²) in [5.74, 6) is 0.493. The van der Waals surface area contributed by atoms with Crippen LogP contribution in [0.1, 0.15) is 25.7 Å². The zero-order chi connectivity index (χ0) is 14.8. The van der Waals surface area contributed by atoms with Crippen molar-refractivity contribution in [1.29, 1.82) is 0 Å². The van der Waals surface area contributed by atoms with Gasteiger partial charge < -0.3 is 10.5 Å². The van der Waals surface area contributed by atoms with Crippen LogP contribution < -0.4 is 15.2 Å². The summed E-state index contributed by atoms with van der Waals surface area (Å²) in [7, 11) is -2.11. The number of nitrogens with two attached hydrogens (primary N) is 1. The maximum Gasteiger partial charge on any atom is 0.241 e. The van der Waals surface area contributed by atoms with Gasteiger partial charge in [-0.1, -0.05) is 28.8 Å². The largest absolute Gasteiger partial charge is 0.497 e. The molecule has 2 rings (SSSR count). The van der Waals surface area contributed by atoms with Gasteiger partial charge in [-0.15, -0.1) is 0 Å². The molecule has 0 spiro atoms. The summed E-state index contributed by atoms with van der Waals surface area (Å²) in [4.78, 5) is 0.184. The highest BCUT2D eigenvalue weighted by atomic mass is 79.9. The van der Waals surface area contributed by atoms with Gasteiger partial charge in [0, 0.05) is 22.6 Å². The van der Waals surface area contributed by atoms with Crippen LogP contribution in [0.25, 0.3) is 0 Å². The second-order valence-electron chi connectivity index (χ2n) is 5.12. The maximum absolute atomic E-state index is 12.5. The van der Waals surface area contributed by atoms with E-state index in [0.29, 0.717) is 16.8 Å². The summed E-state index contributed by atoms with van der Waals surface area (Å²) in [6.45, 7) is 0.317. The van der Waals surface area contributed by atoms with Gasteiger partial charge in [-0.3, -0.25) is 0 Å². The Balaban J connectivity index is 2.32. The van der Waals surface area contributed by atoms with Gasteiger partial charge in [-0.2, -0.15) is 0 Å². The van der Waals surface area contributed by atoms with E-state index < -0.39 is 15.6 Å². The Bertz CT molecular complexity index is 583. The Hall–Kier alpha value is -0.630. The van der Waals surface area contributed by atoms with E-state index in [1.165, 1.54) is 13.2 Å². The van der Waals surface area contributed by atoms with Crippen molar-refractivity contribution in [3.63, 3.8) is 0 Å². The number of ether oxygens (including phenoxy) is 1. The first kappa shape index (κ1) is 15.8. The highest BCUT2D eigenvalue weighted by Crippen LogP contribution is 2.31. The van der Waals surface area contributed by atoms with Gasteiger partial charge in [-0.05, 0) is 25.0 Å². The minimum atomic E-state index is -3.61. The van der Waals surface area contributed by atoms with Crippen molar-refractivity contribution in [2.75, 3.05) is 13.7 Å². The third-order valence-corrected chi connectivity index (χ3v) is 5.71. The number of rotatable bonds is 5. The van der Waals surface area contributed by atoms with Gasteiger partial charge in [0.05, 0.1) is 12.0 Å².